The summed E-state index contributed by atoms with van der Waals surface area (Å²) in [6, 6.07) is 22.9. The van der Waals surface area contributed by atoms with Gasteiger partial charge in [-0.2, -0.15) is 0 Å². The maximum Gasteiger partial charge on any atom is 0.303 e. The number of unbranched alkanes of at least 4 members (excludes halogenated alkanes) is 1. The molecular weight excluding hydrogens is 438 g/mol. The largest absolute Gasteiger partial charge is 0.493 e. The van der Waals surface area contributed by atoms with Crippen molar-refractivity contribution in [1.29, 1.82) is 0 Å². The van der Waals surface area contributed by atoms with Crippen molar-refractivity contribution in [3.05, 3.63) is 96.1 Å². The number of para-hydroxylation sites is 1. The molecule has 0 unspecified atom stereocenters. The van der Waals surface area contributed by atoms with Crippen LogP contribution in [0.15, 0.2) is 89.8 Å². The Morgan fingerprint density at radius 2 is 1.64 bits per heavy atom. The minimum absolute atomic E-state index is 0.0790. The van der Waals surface area contributed by atoms with Crippen LogP contribution in [0.4, 0.5) is 5.69 Å². The Labute approximate surface area is 194 Å². The normalized spacial score (nSPS) is 11.4. The number of ether oxygens (including phenoxy) is 1. The van der Waals surface area contributed by atoms with E-state index < -0.39 is 16.0 Å². The molecule has 0 aliphatic rings. The van der Waals surface area contributed by atoms with Gasteiger partial charge < -0.3 is 9.84 Å². The summed E-state index contributed by atoms with van der Waals surface area (Å²) in [5.74, 6) is -0.0900. The number of allylic oxidation sites excluding steroid dienone is 1. The Kier molecular flexibility index (Phi) is 8.66. The summed E-state index contributed by atoms with van der Waals surface area (Å²) >= 11 is 0. The van der Waals surface area contributed by atoms with Crippen molar-refractivity contribution in [3.63, 3.8) is 0 Å². The first-order valence-electron chi connectivity index (χ1n) is 10.7. The lowest BCUT2D eigenvalue weighted by Crippen LogP contribution is -2.12. The summed E-state index contributed by atoms with van der Waals surface area (Å²) in [4.78, 5) is 11.0. The average molecular weight is 466 g/mol. The number of benzene rings is 3. The van der Waals surface area contributed by atoms with Crippen LogP contribution >= 0.6 is 0 Å². The van der Waals surface area contributed by atoms with Crippen LogP contribution in [-0.4, -0.2) is 26.1 Å². The zero-order chi connectivity index (χ0) is 23.5. The van der Waals surface area contributed by atoms with Crippen molar-refractivity contribution in [2.45, 2.75) is 30.6 Å². The number of hydrogen-bond acceptors (Lipinski definition) is 4. The molecule has 0 heterocycles. The third kappa shape index (κ3) is 7.80. The second-order valence-corrected chi connectivity index (χ2v) is 9.12. The summed E-state index contributed by atoms with van der Waals surface area (Å²) in [6.07, 6.45) is 6.19. The molecule has 0 aromatic heterocycles. The van der Waals surface area contributed by atoms with Crippen LogP contribution in [-0.2, 0) is 21.2 Å². The van der Waals surface area contributed by atoms with Gasteiger partial charge in [0.25, 0.3) is 10.0 Å². The second kappa shape index (κ2) is 11.9. The molecule has 0 fully saturated rings. The molecule has 3 rings (SSSR count). The Morgan fingerprint density at radius 1 is 0.939 bits per heavy atom. The second-order valence-electron chi connectivity index (χ2n) is 7.44. The lowest BCUT2D eigenvalue weighted by atomic mass is 10.1. The van der Waals surface area contributed by atoms with E-state index in [1.165, 1.54) is 0 Å². The summed E-state index contributed by atoms with van der Waals surface area (Å²) in [5, 5.41) is 8.87. The predicted molar refractivity (Wildman–Crippen MR) is 130 cm³/mol. The van der Waals surface area contributed by atoms with Gasteiger partial charge in [0.2, 0.25) is 0 Å². The number of aryl methyl sites for hydroxylation is 1. The Hall–Kier alpha value is -3.58. The van der Waals surface area contributed by atoms with E-state index in [1.807, 2.05) is 48.6 Å². The van der Waals surface area contributed by atoms with Gasteiger partial charge in [-0.15, -0.1) is 0 Å². The molecule has 0 aliphatic carbocycles. The van der Waals surface area contributed by atoms with Crippen LogP contribution in [0.3, 0.4) is 0 Å². The van der Waals surface area contributed by atoms with Crippen molar-refractivity contribution >= 4 is 27.8 Å². The molecule has 0 aliphatic heterocycles. The Bertz CT molecular complexity index is 1170. The maximum absolute atomic E-state index is 12.4. The van der Waals surface area contributed by atoms with Crippen molar-refractivity contribution in [1.82, 2.24) is 0 Å². The third-order valence-electron chi connectivity index (χ3n) is 4.88. The van der Waals surface area contributed by atoms with E-state index in [-0.39, 0.29) is 11.3 Å². The molecule has 0 saturated heterocycles. The molecule has 0 saturated carbocycles. The van der Waals surface area contributed by atoms with Gasteiger partial charge in [-0.05, 0) is 60.7 Å². The minimum atomic E-state index is -3.60. The maximum atomic E-state index is 12.4. The number of carboxylic acids is 1. The average Bonchev–Trinajstić information content (AvgIpc) is 2.82. The van der Waals surface area contributed by atoms with Crippen LogP contribution in [0.25, 0.3) is 6.08 Å². The fourth-order valence-corrected chi connectivity index (χ4v) is 4.25. The van der Waals surface area contributed by atoms with E-state index in [1.54, 1.807) is 42.5 Å². The molecule has 2 N–H and O–H groups in total. The highest BCUT2D eigenvalue weighted by molar-refractivity contribution is 7.92. The smallest absolute Gasteiger partial charge is 0.303 e. The van der Waals surface area contributed by atoms with Gasteiger partial charge in [0.15, 0.2) is 0 Å². The van der Waals surface area contributed by atoms with Crippen LogP contribution in [0.1, 0.15) is 30.4 Å². The summed E-state index contributed by atoms with van der Waals surface area (Å²) < 4.78 is 33.2. The zero-order valence-corrected chi connectivity index (χ0v) is 19.0. The highest BCUT2D eigenvalue weighted by Gasteiger charge is 2.13. The first-order chi connectivity index (χ1) is 15.9. The molecule has 0 bridgehead atoms. The van der Waals surface area contributed by atoms with Gasteiger partial charge in [0.1, 0.15) is 5.75 Å². The monoisotopic (exact) mass is 465 g/mol. The summed E-state index contributed by atoms with van der Waals surface area (Å²) in [6.45, 7) is 0.536. The summed E-state index contributed by atoms with van der Waals surface area (Å²) in [7, 11) is -3.60. The number of carbonyl (C=O) groups is 1. The number of anilines is 1. The van der Waals surface area contributed by atoms with Gasteiger partial charge in [0.05, 0.1) is 11.5 Å². The molecule has 3 aromatic carbocycles. The van der Waals surface area contributed by atoms with E-state index in [0.717, 1.165) is 29.7 Å². The number of sulfonamides is 1. The molecule has 0 amide bonds. The Morgan fingerprint density at radius 3 is 2.36 bits per heavy atom. The van der Waals surface area contributed by atoms with Gasteiger partial charge in [-0.3, -0.25) is 9.52 Å². The minimum Gasteiger partial charge on any atom is -0.493 e. The predicted octanol–water partition coefficient (Wildman–Crippen LogP) is 5.38. The highest BCUT2D eigenvalue weighted by Crippen LogP contribution is 2.20. The fourth-order valence-electron chi connectivity index (χ4n) is 3.17. The van der Waals surface area contributed by atoms with Crippen LogP contribution in [0.5, 0.6) is 5.75 Å². The van der Waals surface area contributed by atoms with E-state index in [4.69, 9.17) is 9.84 Å². The van der Waals surface area contributed by atoms with Crippen molar-refractivity contribution < 1.29 is 23.1 Å². The molecule has 6 nitrogen and oxygen atoms in total. The molecule has 3 aromatic rings. The first-order valence-corrected chi connectivity index (χ1v) is 12.2. The van der Waals surface area contributed by atoms with Crippen molar-refractivity contribution in [2.24, 2.45) is 0 Å². The zero-order valence-electron chi connectivity index (χ0n) is 18.2. The van der Waals surface area contributed by atoms with Crippen LogP contribution in [0, 0.1) is 0 Å². The molecule has 0 spiro atoms. The van der Waals surface area contributed by atoms with Crippen molar-refractivity contribution in [2.75, 3.05) is 11.3 Å². The standard InChI is InChI=1S/C26H27NO5S/c28-26(29)19-16-22-10-6-7-13-25(22)32-20-8-2-3-9-21-14-17-23(18-15-21)27-33(30,31)24-11-4-1-5-12-24/h1,3-7,9-15,17-18,27H,2,8,16,19-20H2,(H,28,29)/b9-3+. The first kappa shape index (κ1) is 24.1. The van der Waals surface area contributed by atoms with Crippen LogP contribution in [0.2, 0.25) is 0 Å². The van der Waals surface area contributed by atoms with Crippen molar-refractivity contribution in [3.8, 4) is 5.75 Å². The lowest BCUT2D eigenvalue weighted by molar-refractivity contribution is -0.136. The van der Waals surface area contributed by atoms with Gasteiger partial charge in [-0.25, -0.2) is 8.42 Å². The van der Waals surface area contributed by atoms with E-state index >= 15 is 0 Å². The number of rotatable bonds is 12. The fraction of sp³-hybridized carbons (Fsp3) is 0.192. The molecule has 7 heteroatoms. The summed E-state index contributed by atoms with van der Waals surface area (Å²) in [5.41, 5.74) is 2.38. The highest BCUT2D eigenvalue weighted by atomic mass is 32.2. The molecular formula is C26H27NO5S. The Balaban J connectivity index is 1.44. The van der Waals surface area contributed by atoms with E-state index in [9.17, 15) is 13.2 Å². The third-order valence-corrected chi connectivity index (χ3v) is 6.28. The lowest BCUT2D eigenvalue weighted by Gasteiger charge is -2.10. The quantitative estimate of drug-likeness (QED) is 0.351. The van der Waals surface area contributed by atoms with E-state index in [2.05, 4.69) is 4.72 Å². The number of carboxylic acid groups (broad SMARTS) is 1. The number of aliphatic carboxylic acids is 1. The topological polar surface area (TPSA) is 92.7 Å². The van der Waals surface area contributed by atoms with Crippen LogP contribution < -0.4 is 9.46 Å². The molecule has 0 radical (unpaired) electrons. The van der Waals surface area contributed by atoms with Gasteiger partial charge >= 0.3 is 5.97 Å². The number of hydrogen-bond donors (Lipinski definition) is 2. The SMILES string of the molecule is O=C(O)CCc1ccccc1OCCC/C=C/c1ccc(NS(=O)(=O)c2ccccc2)cc1. The molecule has 0 atom stereocenters. The van der Waals surface area contributed by atoms with Gasteiger partial charge in [-0.1, -0.05) is 60.7 Å². The number of nitrogens with one attached hydrogen (secondary N) is 1. The van der Waals surface area contributed by atoms with Gasteiger partial charge in [0, 0.05) is 12.1 Å². The molecule has 33 heavy (non-hydrogen) atoms. The van der Waals surface area contributed by atoms with E-state index in [0.29, 0.717) is 18.7 Å². The molecule has 172 valence electrons.